The highest BCUT2D eigenvalue weighted by atomic mass is 79.9. The first-order chi connectivity index (χ1) is 5.70. The zero-order valence-electron chi connectivity index (χ0n) is 5.96. The van der Waals surface area contributed by atoms with Crippen molar-refractivity contribution >= 4 is 21.9 Å². The predicted octanol–water partition coefficient (Wildman–Crippen LogP) is 0.109. The molecule has 2 rings (SSSR count). The first kappa shape index (κ1) is 7.60. The van der Waals surface area contributed by atoms with Crippen molar-refractivity contribution in [2.45, 2.75) is 6.54 Å². The smallest absolute Gasteiger partial charge is 0.357 e. The number of aromatic amines is 1. The molecule has 0 bridgehead atoms. The summed E-state index contributed by atoms with van der Waals surface area (Å²) in [6.07, 6.45) is 0. The summed E-state index contributed by atoms with van der Waals surface area (Å²) < 4.78 is 6.48. The van der Waals surface area contributed by atoms with Gasteiger partial charge in [-0.25, -0.2) is 4.79 Å². The van der Waals surface area contributed by atoms with Crippen LogP contribution in [-0.4, -0.2) is 22.4 Å². The number of H-pyrrole nitrogens is 1. The molecule has 6 heteroatoms. The molecule has 0 unspecified atom stereocenters. The Bertz CT molecular complexity index is 392. The number of nitrogens with one attached hydrogen (secondary N) is 1. The fraction of sp³-hybridized carbons (Fsp3) is 0.333. The van der Waals surface area contributed by atoms with Crippen molar-refractivity contribution < 1.29 is 9.53 Å². The minimum atomic E-state index is -0.466. The molecule has 1 aliphatic heterocycles. The molecule has 0 fully saturated rings. The van der Waals surface area contributed by atoms with Gasteiger partial charge >= 0.3 is 5.97 Å². The Hall–Kier alpha value is -1.04. The summed E-state index contributed by atoms with van der Waals surface area (Å²) in [5.41, 5.74) is -0.0323. The minimum absolute atomic E-state index is 0.243. The van der Waals surface area contributed by atoms with Gasteiger partial charge in [-0.3, -0.25) is 14.6 Å². The zero-order valence-corrected chi connectivity index (χ0v) is 7.55. The maximum Gasteiger partial charge on any atom is 0.357 e. The van der Waals surface area contributed by atoms with Gasteiger partial charge in [0.1, 0.15) is 11.1 Å². The zero-order chi connectivity index (χ0) is 8.72. The molecular weight excluding hydrogens is 228 g/mol. The van der Waals surface area contributed by atoms with Crippen molar-refractivity contribution in [1.82, 2.24) is 9.78 Å². The largest absolute Gasteiger partial charge is 0.459 e. The van der Waals surface area contributed by atoms with E-state index in [2.05, 4.69) is 21.0 Å². The molecule has 12 heavy (non-hydrogen) atoms. The average molecular weight is 233 g/mol. The van der Waals surface area contributed by atoms with Gasteiger partial charge in [-0.05, 0) is 15.9 Å². The lowest BCUT2D eigenvalue weighted by molar-refractivity contribution is 0.0409. The Balaban J connectivity index is 2.69. The summed E-state index contributed by atoms with van der Waals surface area (Å²) in [5.74, 6) is -0.466. The molecular formula is C6H5BrN2O3. The Morgan fingerprint density at radius 2 is 2.25 bits per heavy atom. The van der Waals surface area contributed by atoms with Gasteiger partial charge in [0.25, 0.3) is 5.56 Å². The topological polar surface area (TPSA) is 64.1 Å². The Morgan fingerprint density at radius 3 is 2.92 bits per heavy atom. The highest BCUT2D eigenvalue weighted by Crippen LogP contribution is 2.15. The quantitative estimate of drug-likeness (QED) is 0.646. The molecule has 0 radical (unpaired) electrons. The van der Waals surface area contributed by atoms with Gasteiger partial charge in [0.2, 0.25) is 0 Å². The minimum Gasteiger partial charge on any atom is -0.459 e. The van der Waals surface area contributed by atoms with Crippen LogP contribution in [0.2, 0.25) is 0 Å². The van der Waals surface area contributed by atoms with Crippen LogP contribution in [0.4, 0.5) is 0 Å². The second-order valence-corrected chi connectivity index (χ2v) is 3.18. The van der Waals surface area contributed by atoms with Crippen molar-refractivity contribution in [3.05, 3.63) is 20.5 Å². The third-order valence-electron chi connectivity index (χ3n) is 1.66. The predicted molar refractivity (Wildman–Crippen MR) is 43.0 cm³/mol. The monoisotopic (exact) mass is 232 g/mol. The Labute approximate surface area is 75.4 Å². The second kappa shape index (κ2) is 2.48. The molecule has 1 N–H and O–H groups in total. The number of fused-ring (bicyclic) bond motifs is 1. The first-order valence-electron chi connectivity index (χ1n) is 3.35. The number of ether oxygens (including phenoxy) is 1. The second-order valence-electron chi connectivity index (χ2n) is 2.39. The number of carbonyl (C=O) groups is 1. The maximum absolute atomic E-state index is 11.1. The summed E-state index contributed by atoms with van der Waals surface area (Å²) in [4.78, 5) is 22.1. The van der Waals surface area contributed by atoms with E-state index in [1.54, 1.807) is 0 Å². The number of halogens is 1. The van der Waals surface area contributed by atoms with Gasteiger partial charge in [0, 0.05) is 0 Å². The third kappa shape index (κ3) is 0.911. The van der Waals surface area contributed by atoms with E-state index in [9.17, 15) is 9.59 Å². The van der Waals surface area contributed by atoms with Crippen LogP contribution in [0.15, 0.2) is 9.27 Å². The van der Waals surface area contributed by atoms with Gasteiger partial charge in [-0.15, -0.1) is 0 Å². The number of hydrogen-bond acceptors (Lipinski definition) is 3. The molecule has 1 aliphatic rings. The van der Waals surface area contributed by atoms with Crippen molar-refractivity contribution in [1.29, 1.82) is 0 Å². The van der Waals surface area contributed by atoms with E-state index in [1.807, 2.05) is 0 Å². The summed E-state index contributed by atoms with van der Waals surface area (Å²) in [6.45, 7) is 0.810. The van der Waals surface area contributed by atoms with Crippen molar-refractivity contribution in [3.8, 4) is 0 Å². The molecule has 64 valence electrons. The summed E-state index contributed by atoms with van der Waals surface area (Å²) in [5, 5.41) is 2.51. The number of hydrogen-bond donors (Lipinski definition) is 1. The lowest BCUT2D eigenvalue weighted by Gasteiger charge is -2.13. The molecule has 2 heterocycles. The van der Waals surface area contributed by atoms with Crippen LogP contribution in [0.3, 0.4) is 0 Å². The van der Waals surface area contributed by atoms with Gasteiger partial charge in [0.05, 0.1) is 6.54 Å². The van der Waals surface area contributed by atoms with Crippen molar-refractivity contribution in [2.24, 2.45) is 0 Å². The molecule has 0 aliphatic carbocycles. The van der Waals surface area contributed by atoms with Gasteiger partial charge in [-0.1, -0.05) is 0 Å². The summed E-state index contributed by atoms with van der Waals surface area (Å²) in [6, 6.07) is 0. The maximum atomic E-state index is 11.1. The van der Waals surface area contributed by atoms with Crippen LogP contribution in [0, 0.1) is 0 Å². The van der Waals surface area contributed by atoms with E-state index in [-0.39, 0.29) is 15.7 Å². The van der Waals surface area contributed by atoms with Crippen LogP contribution in [0.25, 0.3) is 0 Å². The van der Waals surface area contributed by atoms with Crippen LogP contribution >= 0.6 is 15.9 Å². The Morgan fingerprint density at radius 1 is 1.50 bits per heavy atom. The first-order valence-corrected chi connectivity index (χ1v) is 4.15. The van der Waals surface area contributed by atoms with Crippen LogP contribution in [0.5, 0.6) is 0 Å². The lowest BCUT2D eigenvalue weighted by Crippen LogP contribution is -2.23. The van der Waals surface area contributed by atoms with Crippen LogP contribution in [0.1, 0.15) is 10.5 Å². The van der Waals surface area contributed by atoms with Crippen LogP contribution in [-0.2, 0) is 11.3 Å². The summed E-state index contributed by atoms with van der Waals surface area (Å²) >= 11 is 3.01. The number of nitrogens with zero attached hydrogens (tertiary/aromatic N) is 1. The number of rotatable bonds is 0. The molecule has 1 aromatic rings. The van der Waals surface area contributed by atoms with Crippen molar-refractivity contribution in [2.75, 3.05) is 6.61 Å². The summed E-state index contributed by atoms with van der Waals surface area (Å²) in [7, 11) is 0. The van der Waals surface area contributed by atoms with Crippen LogP contribution < -0.4 is 5.56 Å². The molecule has 0 spiro atoms. The van der Waals surface area contributed by atoms with Gasteiger partial charge in [0.15, 0.2) is 5.69 Å². The number of aromatic nitrogens is 2. The van der Waals surface area contributed by atoms with E-state index in [4.69, 9.17) is 4.74 Å². The average Bonchev–Trinajstić information content (AvgIpc) is 2.29. The molecule has 1 aromatic heterocycles. The van der Waals surface area contributed by atoms with E-state index in [0.717, 1.165) is 0 Å². The molecule has 0 amide bonds. The lowest BCUT2D eigenvalue weighted by atomic mass is 10.4. The number of carbonyl (C=O) groups excluding carboxylic acids is 1. The molecule has 0 saturated heterocycles. The van der Waals surface area contributed by atoms with E-state index in [1.165, 1.54) is 4.68 Å². The highest BCUT2D eigenvalue weighted by Gasteiger charge is 2.24. The van der Waals surface area contributed by atoms with E-state index >= 15 is 0 Å². The SMILES string of the molecule is O=C1OCCn2[nH]c(=O)c(Br)c21. The highest BCUT2D eigenvalue weighted by molar-refractivity contribution is 9.10. The third-order valence-corrected chi connectivity index (χ3v) is 2.39. The molecule has 5 nitrogen and oxygen atoms in total. The van der Waals surface area contributed by atoms with E-state index < -0.39 is 5.97 Å². The fourth-order valence-electron chi connectivity index (χ4n) is 1.12. The number of esters is 1. The van der Waals surface area contributed by atoms with Crippen molar-refractivity contribution in [3.63, 3.8) is 0 Å². The molecule has 0 atom stereocenters. The van der Waals surface area contributed by atoms with Gasteiger partial charge < -0.3 is 4.74 Å². The normalized spacial score (nSPS) is 15.6. The molecule has 0 aromatic carbocycles. The fourth-order valence-corrected chi connectivity index (χ4v) is 1.58. The number of cyclic esters (lactones) is 1. The molecule has 0 saturated carbocycles. The van der Waals surface area contributed by atoms with E-state index in [0.29, 0.717) is 13.2 Å². The standard InChI is InChI=1S/C6H5BrN2O3/c7-3-4-6(11)12-2-1-9(4)8-5(3)10/h1-2H2,(H,8,10). The van der Waals surface area contributed by atoms with Gasteiger partial charge in [-0.2, -0.15) is 0 Å². The Kier molecular flexibility index (Phi) is 1.57.